The lowest BCUT2D eigenvalue weighted by Gasteiger charge is -2.16. The lowest BCUT2D eigenvalue weighted by atomic mass is 10.1. The highest BCUT2D eigenvalue weighted by Crippen LogP contribution is 2.32. The molecule has 1 amide bonds. The first kappa shape index (κ1) is 18.2. The second-order valence-electron chi connectivity index (χ2n) is 7.05. The summed E-state index contributed by atoms with van der Waals surface area (Å²) in [4.78, 5) is 17.9. The second-order valence-corrected chi connectivity index (χ2v) is 7.05. The van der Waals surface area contributed by atoms with E-state index in [-0.39, 0.29) is 17.8 Å². The molecule has 0 saturated heterocycles. The van der Waals surface area contributed by atoms with Gasteiger partial charge in [-0.25, -0.2) is 4.39 Å². The summed E-state index contributed by atoms with van der Waals surface area (Å²) in [5, 5.41) is 7.37. The number of anilines is 2. The highest BCUT2D eigenvalue weighted by molar-refractivity contribution is 5.94. The second kappa shape index (κ2) is 7.07. The number of fused-ring (bicyclic) bond motifs is 1. The van der Waals surface area contributed by atoms with Gasteiger partial charge in [-0.1, -0.05) is 5.16 Å². The molecule has 3 aromatic rings. The maximum atomic E-state index is 13.5. The monoisotopic (exact) mass is 380 g/mol. The summed E-state index contributed by atoms with van der Waals surface area (Å²) < 4.78 is 18.9. The lowest BCUT2D eigenvalue weighted by molar-refractivity contribution is -0.116. The van der Waals surface area contributed by atoms with Crippen LogP contribution in [0, 0.1) is 12.7 Å². The van der Waals surface area contributed by atoms with Gasteiger partial charge in [0, 0.05) is 30.4 Å². The average molecular weight is 380 g/mol. The minimum atomic E-state index is -0.262. The number of carbonyl (C=O) groups excluding carboxylic acids is 1. The van der Waals surface area contributed by atoms with Crippen LogP contribution in [0.4, 0.5) is 15.8 Å². The number of carbonyl (C=O) groups is 1. The first-order valence-electron chi connectivity index (χ1n) is 9.20. The first-order chi connectivity index (χ1) is 13.4. The van der Waals surface area contributed by atoms with Crippen molar-refractivity contribution >= 4 is 17.3 Å². The molecule has 7 heteroatoms. The number of amides is 1. The maximum Gasteiger partial charge on any atom is 0.249 e. The molecule has 1 unspecified atom stereocenters. The van der Waals surface area contributed by atoms with E-state index in [1.54, 1.807) is 30.9 Å². The number of rotatable bonds is 4. The topological polar surface area (TPSA) is 71.3 Å². The van der Waals surface area contributed by atoms with Crippen LogP contribution in [0.25, 0.3) is 11.4 Å². The zero-order valence-electron chi connectivity index (χ0n) is 16.0. The number of aryl methyl sites for hydroxylation is 1. The minimum absolute atomic E-state index is 0.0576. The molecule has 0 saturated carbocycles. The van der Waals surface area contributed by atoms with Gasteiger partial charge in [-0.3, -0.25) is 4.79 Å². The molecular weight excluding hydrogens is 359 g/mol. The summed E-state index contributed by atoms with van der Waals surface area (Å²) in [6, 6.07) is 10.5. The Morgan fingerprint density at radius 1 is 1.29 bits per heavy atom. The van der Waals surface area contributed by atoms with Crippen LogP contribution in [-0.2, 0) is 11.2 Å². The molecule has 0 aliphatic carbocycles. The van der Waals surface area contributed by atoms with Gasteiger partial charge in [-0.2, -0.15) is 4.98 Å². The molecule has 1 aromatic heterocycles. The van der Waals surface area contributed by atoms with Crippen LogP contribution < -0.4 is 10.2 Å². The highest BCUT2D eigenvalue weighted by Gasteiger charge is 2.23. The van der Waals surface area contributed by atoms with E-state index in [0.29, 0.717) is 29.4 Å². The molecule has 0 bridgehead atoms. The van der Waals surface area contributed by atoms with Gasteiger partial charge in [0.15, 0.2) is 0 Å². The van der Waals surface area contributed by atoms with E-state index in [4.69, 9.17) is 4.52 Å². The van der Waals surface area contributed by atoms with Crippen LogP contribution in [0.2, 0.25) is 0 Å². The molecule has 2 heterocycles. The molecule has 6 nitrogen and oxygen atoms in total. The Labute approximate surface area is 162 Å². The average Bonchev–Trinajstić information content (AvgIpc) is 3.31. The molecule has 2 aromatic carbocycles. The summed E-state index contributed by atoms with van der Waals surface area (Å²) in [5.74, 6) is 0.672. The largest absolute Gasteiger partial charge is 0.374 e. The molecule has 4 rings (SSSR count). The van der Waals surface area contributed by atoms with Gasteiger partial charge >= 0.3 is 0 Å². The zero-order chi connectivity index (χ0) is 19.8. The maximum absolute atomic E-state index is 13.5. The quantitative estimate of drug-likeness (QED) is 0.732. The molecule has 1 aliphatic rings. The lowest BCUT2D eigenvalue weighted by Crippen LogP contribution is -2.25. The molecule has 1 N–H and O–H groups in total. The van der Waals surface area contributed by atoms with E-state index in [1.165, 1.54) is 6.07 Å². The van der Waals surface area contributed by atoms with Gasteiger partial charge in [-0.15, -0.1) is 0 Å². The molecule has 1 atom stereocenters. The summed E-state index contributed by atoms with van der Waals surface area (Å²) >= 11 is 0. The van der Waals surface area contributed by atoms with Crippen molar-refractivity contribution in [2.75, 3.05) is 16.8 Å². The smallest absolute Gasteiger partial charge is 0.249 e. The van der Waals surface area contributed by atoms with Crippen LogP contribution in [0.3, 0.4) is 0 Å². The number of benzene rings is 2. The van der Waals surface area contributed by atoms with Crippen molar-refractivity contribution in [3.05, 3.63) is 59.2 Å². The number of nitrogens with zero attached hydrogens (tertiary/aromatic N) is 3. The van der Waals surface area contributed by atoms with E-state index in [9.17, 15) is 9.18 Å². The molecular formula is C21H21FN4O2. The third-order valence-corrected chi connectivity index (χ3v) is 4.97. The normalized spacial score (nSPS) is 14.1. The van der Waals surface area contributed by atoms with Crippen molar-refractivity contribution in [2.24, 2.45) is 0 Å². The van der Waals surface area contributed by atoms with Crippen molar-refractivity contribution in [1.82, 2.24) is 10.1 Å². The van der Waals surface area contributed by atoms with Gasteiger partial charge in [0.1, 0.15) is 11.9 Å². The molecule has 28 heavy (non-hydrogen) atoms. The minimum Gasteiger partial charge on any atom is -0.374 e. The fourth-order valence-corrected chi connectivity index (χ4v) is 3.44. The van der Waals surface area contributed by atoms with Gasteiger partial charge < -0.3 is 14.7 Å². The Morgan fingerprint density at radius 3 is 2.86 bits per heavy atom. The van der Waals surface area contributed by atoms with Crippen LogP contribution in [-0.4, -0.2) is 22.6 Å². The number of aromatic nitrogens is 2. The van der Waals surface area contributed by atoms with E-state index in [2.05, 4.69) is 21.5 Å². The summed E-state index contributed by atoms with van der Waals surface area (Å²) in [5.41, 5.74) is 4.28. The fourth-order valence-electron chi connectivity index (χ4n) is 3.44. The third-order valence-electron chi connectivity index (χ3n) is 4.97. The molecule has 1 aliphatic heterocycles. The Kier molecular flexibility index (Phi) is 4.58. The fraction of sp³-hybridized carbons (Fsp3) is 0.286. The number of halogens is 1. The number of hydrogen-bond donors (Lipinski definition) is 1. The van der Waals surface area contributed by atoms with Gasteiger partial charge in [0.2, 0.25) is 17.6 Å². The molecule has 0 radical (unpaired) electrons. The van der Waals surface area contributed by atoms with E-state index in [1.807, 2.05) is 19.1 Å². The number of nitrogens with one attached hydrogen (secondary N) is 1. The predicted octanol–water partition coefficient (Wildman–Crippen LogP) is 4.27. The van der Waals surface area contributed by atoms with Crippen molar-refractivity contribution in [3.63, 3.8) is 0 Å². The van der Waals surface area contributed by atoms with Crippen LogP contribution in [0.1, 0.15) is 36.9 Å². The summed E-state index contributed by atoms with van der Waals surface area (Å²) in [6.07, 6.45) is 0.841. The Morgan fingerprint density at radius 2 is 2.11 bits per heavy atom. The first-order valence-corrected chi connectivity index (χ1v) is 9.20. The highest BCUT2D eigenvalue weighted by atomic mass is 19.1. The van der Waals surface area contributed by atoms with Gasteiger partial charge in [0.25, 0.3) is 0 Å². The van der Waals surface area contributed by atoms with Gasteiger partial charge in [-0.05, 0) is 67.8 Å². The third kappa shape index (κ3) is 3.35. The van der Waals surface area contributed by atoms with Crippen molar-refractivity contribution < 1.29 is 13.7 Å². The van der Waals surface area contributed by atoms with Crippen molar-refractivity contribution in [1.29, 1.82) is 0 Å². The Balaban J connectivity index is 1.50. The van der Waals surface area contributed by atoms with E-state index in [0.717, 1.165) is 23.4 Å². The number of hydrogen-bond acceptors (Lipinski definition) is 5. The molecule has 0 fully saturated rings. The van der Waals surface area contributed by atoms with E-state index >= 15 is 0 Å². The SMILES string of the molecule is CC(=O)N1CCc2cc(NC(C)c3nc(-c4ccc(F)c(C)c4)no3)ccc21. The Bertz CT molecular complexity index is 1050. The summed E-state index contributed by atoms with van der Waals surface area (Å²) in [6.45, 7) is 5.93. The van der Waals surface area contributed by atoms with Gasteiger partial charge in [0.05, 0.1) is 0 Å². The zero-order valence-corrected chi connectivity index (χ0v) is 16.0. The standard InChI is InChI=1S/C21H21FN4O2/c1-12-10-16(4-6-18(12)22)20-24-21(28-25-20)13(2)23-17-5-7-19-15(11-17)8-9-26(19)14(3)27/h4-7,10-11,13,23H,8-9H2,1-3H3. The van der Waals surface area contributed by atoms with Crippen LogP contribution in [0.15, 0.2) is 40.9 Å². The van der Waals surface area contributed by atoms with Crippen LogP contribution >= 0.6 is 0 Å². The van der Waals surface area contributed by atoms with Crippen LogP contribution in [0.5, 0.6) is 0 Å². The van der Waals surface area contributed by atoms with E-state index < -0.39 is 0 Å². The Hall–Kier alpha value is -3.22. The van der Waals surface area contributed by atoms with Crippen molar-refractivity contribution in [3.8, 4) is 11.4 Å². The molecule has 0 spiro atoms. The molecule has 144 valence electrons. The summed E-state index contributed by atoms with van der Waals surface area (Å²) in [7, 11) is 0. The predicted molar refractivity (Wildman–Crippen MR) is 105 cm³/mol. The van der Waals surface area contributed by atoms with Crippen molar-refractivity contribution in [2.45, 2.75) is 33.2 Å².